The van der Waals surface area contributed by atoms with Gasteiger partial charge in [-0.05, 0) is 51.3 Å². The van der Waals surface area contributed by atoms with E-state index in [4.69, 9.17) is 0 Å². The summed E-state index contributed by atoms with van der Waals surface area (Å²) in [6.45, 7) is 8.55. The van der Waals surface area contributed by atoms with E-state index in [-0.39, 0.29) is 0 Å². The monoisotopic (exact) mass is 234 g/mol. The van der Waals surface area contributed by atoms with Crippen LogP contribution < -0.4 is 10.2 Å². The molecule has 0 atom stereocenters. The van der Waals surface area contributed by atoms with E-state index >= 15 is 0 Å². The van der Waals surface area contributed by atoms with Gasteiger partial charge in [0.1, 0.15) is 0 Å². The van der Waals surface area contributed by atoms with Crippen LogP contribution in [0.3, 0.4) is 0 Å². The number of aryl methyl sites for hydroxylation is 1. The molecule has 0 bridgehead atoms. The van der Waals surface area contributed by atoms with Gasteiger partial charge in [0, 0.05) is 25.5 Å². The minimum absolute atomic E-state index is 0.779. The van der Waals surface area contributed by atoms with E-state index in [1.165, 1.54) is 12.8 Å². The Labute approximate surface area is 103 Å². The molecule has 1 fully saturated rings. The number of rotatable bonds is 4. The molecule has 1 aromatic rings. The fraction of sp³-hybridized carbons (Fsp3) is 0.692. The van der Waals surface area contributed by atoms with Gasteiger partial charge in [-0.3, -0.25) is 0 Å². The van der Waals surface area contributed by atoms with Crippen LogP contribution in [-0.4, -0.2) is 36.1 Å². The predicted molar refractivity (Wildman–Crippen MR) is 70.2 cm³/mol. The quantitative estimate of drug-likeness (QED) is 0.859. The summed E-state index contributed by atoms with van der Waals surface area (Å²) in [4.78, 5) is 11.1. The van der Waals surface area contributed by atoms with Gasteiger partial charge >= 0.3 is 0 Å². The van der Waals surface area contributed by atoms with E-state index in [0.29, 0.717) is 0 Å². The van der Waals surface area contributed by atoms with Crippen molar-refractivity contribution in [2.45, 2.75) is 26.7 Å². The van der Waals surface area contributed by atoms with Gasteiger partial charge in [0.2, 0.25) is 5.95 Å². The number of hydrogen-bond donors (Lipinski definition) is 1. The summed E-state index contributed by atoms with van der Waals surface area (Å²) in [6, 6.07) is 0. The highest BCUT2D eigenvalue weighted by molar-refractivity contribution is 5.29. The van der Waals surface area contributed by atoms with Gasteiger partial charge in [0.05, 0.1) is 0 Å². The molecule has 17 heavy (non-hydrogen) atoms. The smallest absolute Gasteiger partial charge is 0.225 e. The normalized spacial score (nSPS) is 17.1. The largest absolute Gasteiger partial charge is 0.341 e. The first kappa shape index (κ1) is 12.3. The molecule has 1 aliphatic rings. The van der Waals surface area contributed by atoms with Gasteiger partial charge in [-0.15, -0.1) is 0 Å². The molecule has 0 radical (unpaired) electrons. The summed E-state index contributed by atoms with van der Waals surface area (Å²) in [7, 11) is 0. The Morgan fingerprint density at radius 2 is 1.94 bits per heavy atom. The van der Waals surface area contributed by atoms with Crippen molar-refractivity contribution in [2.75, 3.05) is 31.1 Å². The Morgan fingerprint density at radius 1 is 1.29 bits per heavy atom. The maximum atomic E-state index is 4.41. The molecule has 0 saturated carbocycles. The summed E-state index contributed by atoms with van der Waals surface area (Å²) in [5, 5.41) is 3.40. The standard InChI is InChI=1S/C13H22N4/c1-3-17(10-12-4-6-14-7-5-12)13-15-8-11(2)9-16-13/h8-9,12,14H,3-7,10H2,1-2H3. The van der Waals surface area contributed by atoms with E-state index in [0.717, 1.165) is 43.6 Å². The molecule has 1 aromatic heterocycles. The zero-order chi connectivity index (χ0) is 12.1. The van der Waals surface area contributed by atoms with Crippen LogP contribution >= 0.6 is 0 Å². The number of aromatic nitrogens is 2. The first-order valence-corrected chi connectivity index (χ1v) is 6.54. The van der Waals surface area contributed by atoms with Crippen LogP contribution in [-0.2, 0) is 0 Å². The molecule has 0 aromatic carbocycles. The van der Waals surface area contributed by atoms with Gasteiger partial charge in [0.25, 0.3) is 0 Å². The van der Waals surface area contributed by atoms with Crippen LogP contribution in [0, 0.1) is 12.8 Å². The van der Waals surface area contributed by atoms with Crippen molar-refractivity contribution in [3.05, 3.63) is 18.0 Å². The van der Waals surface area contributed by atoms with Gasteiger partial charge in [-0.25, -0.2) is 9.97 Å². The van der Waals surface area contributed by atoms with Crippen molar-refractivity contribution >= 4 is 5.95 Å². The molecule has 0 spiro atoms. The molecular formula is C13H22N4. The van der Waals surface area contributed by atoms with E-state index in [9.17, 15) is 0 Å². The lowest BCUT2D eigenvalue weighted by Gasteiger charge is -2.29. The molecule has 1 aliphatic heterocycles. The molecule has 1 saturated heterocycles. The summed E-state index contributed by atoms with van der Waals surface area (Å²) in [5.74, 6) is 1.65. The van der Waals surface area contributed by atoms with Crippen molar-refractivity contribution < 1.29 is 0 Å². The van der Waals surface area contributed by atoms with Crippen LogP contribution in [0.2, 0.25) is 0 Å². The van der Waals surface area contributed by atoms with Crippen molar-refractivity contribution in [3.63, 3.8) is 0 Å². The Morgan fingerprint density at radius 3 is 2.53 bits per heavy atom. The van der Waals surface area contributed by atoms with E-state index in [1.54, 1.807) is 0 Å². The first-order valence-electron chi connectivity index (χ1n) is 6.54. The lowest BCUT2D eigenvalue weighted by molar-refractivity contribution is 0.373. The molecular weight excluding hydrogens is 212 g/mol. The third-order valence-corrected chi connectivity index (χ3v) is 3.37. The van der Waals surface area contributed by atoms with Gasteiger partial charge in [-0.1, -0.05) is 0 Å². The van der Waals surface area contributed by atoms with Gasteiger partial charge in [-0.2, -0.15) is 0 Å². The Bertz CT molecular complexity index is 330. The molecule has 0 unspecified atom stereocenters. The summed E-state index contributed by atoms with van der Waals surface area (Å²) in [5.41, 5.74) is 1.12. The lowest BCUT2D eigenvalue weighted by Crippen LogP contribution is -2.36. The average molecular weight is 234 g/mol. The summed E-state index contributed by atoms with van der Waals surface area (Å²) >= 11 is 0. The molecule has 4 nitrogen and oxygen atoms in total. The number of nitrogens with one attached hydrogen (secondary N) is 1. The number of nitrogens with zero attached hydrogens (tertiary/aromatic N) is 3. The zero-order valence-corrected chi connectivity index (χ0v) is 10.8. The van der Waals surface area contributed by atoms with Crippen LogP contribution in [0.15, 0.2) is 12.4 Å². The Hall–Kier alpha value is -1.16. The SMILES string of the molecule is CCN(CC1CCNCC1)c1ncc(C)cn1. The number of anilines is 1. The fourth-order valence-corrected chi connectivity index (χ4v) is 2.28. The molecule has 94 valence electrons. The lowest BCUT2D eigenvalue weighted by atomic mass is 9.98. The highest BCUT2D eigenvalue weighted by atomic mass is 15.2. The minimum Gasteiger partial charge on any atom is -0.341 e. The van der Waals surface area contributed by atoms with E-state index < -0.39 is 0 Å². The molecule has 2 heterocycles. The maximum Gasteiger partial charge on any atom is 0.225 e. The van der Waals surface area contributed by atoms with E-state index in [2.05, 4.69) is 27.1 Å². The average Bonchev–Trinajstić information content (AvgIpc) is 2.38. The molecule has 0 aliphatic carbocycles. The minimum atomic E-state index is 0.779. The molecule has 1 N–H and O–H groups in total. The summed E-state index contributed by atoms with van der Waals surface area (Å²) < 4.78 is 0. The highest BCUT2D eigenvalue weighted by Gasteiger charge is 2.17. The fourth-order valence-electron chi connectivity index (χ4n) is 2.28. The van der Waals surface area contributed by atoms with Crippen LogP contribution in [0.4, 0.5) is 5.95 Å². The van der Waals surface area contributed by atoms with Gasteiger partial charge in [0.15, 0.2) is 0 Å². The van der Waals surface area contributed by atoms with Gasteiger partial charge < -0.3 is 10.2 Å². The van der Waals surface area contributed by atoms with Crippen LogP contribution in [0.25, 0.3) is 0 Å². The Balaban J connectivity index is 1.97. The second-order valence-electron chi connectivity index (χ2n) is 4.79. The van der Waals surface area contributed by atoms with Crippen molar-refractivity contribution in [2.24, 2.45) is 5.92 Å². The first-order chi connectivity index (χ1) is 8.29. The number of hydrogen-bond acceptors (Lipinski definition) is 4. The topological polar surface area (TPSA) is 41.0 Å². The second kappa shape index (κ2) is 5.96. The third kappa shape index (κ3) is 3.40. The maximum absolute atomic E-state index is 4.41. The Kier molecular flexibility index (Phi) is 4.31. The van der Waals surface area contributed by atoms with Crippen LogP contribution in [0.5, 0.6) is 0 Å². The van der Waals surface area contributed by atoms with Crippen molar-refractivity contribution in [1.82, 2.24) is 15.3 Å². The number of piperidine rings is 1. The molecule has 2 rings (SSSR count). The highest BCUT2D eigenvalue weighted by Crippen LogP contribution is 2.16. The molecule has 0 amide bonds. The van der Waals surface area contributed by atoms with Crippen molar-refractivity contribution in [1.29, 1.82) is 0 Å². The zero-order valence-electron chi connectivity index (χ0n) is 10.8. The third-order valence-electron chi connectivity index (χ3n) is 3.37. The van der Waals surface area contributed by atoms with E-state index in [1.807, 2.05) is 19.3 Å². The second-order valence-corrected chi connectivity index (χ2v) is 4.79. The van der Waals surface area contributed by atoms with Crippen LogP contribution in [0.1, 0.15) is 25.3 Å². The predicted octanol–water partition coefficient (Wildman–Crippen LogP) is 1.61. The van der Waals surface area contributed by atoms with Crippen molar-refractivity contribution in [3.8, 4) is 0 Å². The summed E-state index contributed by atoms with van der Waals surface area (Å²) in [6.07, 6.45) is 6.32. The molecule has 4 heteroatoms.